The average molecular weight is 323 g/mol. The van der Waals surface area contributed by atoms with Crippen molar-refractivity contribution in [1.82, 2.24) is 9.80 Å². The summed E-state index contributed by atoms with van der Waals surface area (Å²) in [5, 5.41) is 0.797. The van der Waals surface area contributed by atoms with E-state index in [1.807, 2.05) is 31.0 Å². The first-order valence-electron chi connectivity index (χ1n) is 8.29. The molecule has 0 aliphatic carbocycles. The molecule has 1 atom stereocenters. The Balaban J connectivity index is 1.78. The Bertz CT molecular complexity index is 474. The first-order chi connectivity index (χ1) is 10.6. The molecule has 0 bridgehead atoms. The van der Waals surface area contributed by atoms with Crippen LogP contribution in [0.15, 0.2) is 24.3 Å². The Hall–Kier alpha value is -1.06. The second-order valence-corrected chi connectivity index (χ2v) is 6.75. The minimum atomic E-state index is 0.248. The Morgan fingerprint density at radius 1 is 1.36 bits per heavy atom. The molecule has 22 heavy (non-hydrogen) atoms. The molecule has 4 heteroatoms. The highest BCUT2D eigenvalue weighted by Crippen LogP contribution is 2.18. The number of nitrogens with zero attached hydrogens (tertiary/aromatic N) is 2. The standard InChI is InChI=1S/C18H27ClN2O/c1-3-18(22)20(2)13-16-5-4-11-21(14-16)12-10-15-6-8-17(19)9-7-15/h6-9,16H,3-5,10-14H2,1-2H3. The topological polar surface area (TPSA) is 23.6 Å². The second-order valence-electron chi connectivity index (χ2n) is 6.31. The van der Waals surface area contributed by atoms with Gasteiger partial charge in [0.1, 0.15) is 0 Å². The fourth-order valence-corrected chi connectivity index (χ4v) is 3.33. The molecular weight excluding hydrogens is 296 g/mol. The lowest BCUT2D eigenvalue weighted by atomic mass is 9.97. The maximum Gasteiger partial charge on any atom is 0.222 e. The van der Waals surface area contributed by atoms with Crippen LogP contribution in [0.4, 0.5) is 0 Å². The van der Waals surface area contributed by atoms with Crippen molar-refractivity contribution < 1.29 is 4.79 Å². The third-order valence-electron chi connectivity index (χ3n) is 4.49. The summed E-state index contributed by atoms with van der Waals surface area (Å²) in [6, 6.07) is 8.14. The number of amides is 1. The van der Waals surface area contributed by atoms with Crippen LogP contribution >= 0.6 is 11.6 Å². The molecule has 3 nitrogen and oxygen atoms in total. The van der Waals surface area contributed by atoms with Gasteiger partial charge in [0.25, 0.3) is 0 Å². The fourth-order valence-electron chi connectivity index (χ4n) is 3.20. The molecule has 1 fully saturated rings. The van der Waals surface area contributed by atoms with Crippen molar-refractivity contribution in [2.24, 2.45) is 5.92 Å². The lowest BCUT2D eigenvalue weighted by Crippen LogP contribution is -2.42. The van der Waals surface area contributed by atoms with Crippen LogP contribution in [0.25, 0.3) is 0 Å². The number of benzene rings is 1. The number of likely N-dealkylation sites (tertiary alicyclic amines) is 1. The van der Waals surface area contributed by atoms with E-state index in [0.717, 1.165) is 31.1 Å². The van der Waals surface area contributed by atoms with E-state index in [0.29, 0.717) is 12.3 Å². The number of rotatable bonds is 6. The number of carbonyl (C=O) groups is 1. The van der Waals surface area contributed by atoms with E-state index >= 15 is 0 Å². The molecule has 0 saturated carbocycles. The van der Waals surface area contributed by atoms with E-state index < -0.39 is 0 Å². The highest BCUT2D eigenvalue weighted by atomic mass is 35.5. The van der Waals surface area contributed by atoms with Crippen LogP contribution in [0, 0.1) is 5.92 Å². The number of hydrogen-bond donors (Lipinski definition) is 0. The van der Waals surface area contributed by atoms with Gasteiger partial charge < -0.3 is 9.80 Å². The number of hydrogen-bond acceptors (Lipinski definition) is 2. The van der Waals surface area contributed by atoms with Gasteiger partial charge in [0.05, 0.1) is 0 Å². The molecule has 1 aromatic rings. The van der Waals surface area contributed by atoms with Gasteiger partial charge in [-0.15, -0.1) is 0 Å². The first-order valence-corrected chi connectivity index (χ1v) is 8.67. The fraction of sp³-hybridized carbons (Fsp3) is 0.611. The molecule has 0 N–H and O–H groups in total. The van der Waals surface area contributed by atoms with Crippen LogP contribution in [0.3, 0.4) is 0 Å². The SMILES string of the molecule is CCC(=O)N(C)CC1CCCN(CCc2ccc(Cl)cc2)C1. The predicted octanol–water partition coefficient (Wildman–Crippen LogP) is 3.46. The molecule has 1 aliphatic heterocycles. The normalized spacial score (nSPS) is 19.1. The van der Waals surface area contributed by atoms with Crippen molar-refractivity contribution in [2.45, 2.75) is 32.6 Å². The van der Waals surface area contributed by atoms with E-state index in [1.165, 1.54) is 24.9 Å². The number of halogens is 1. The highest BCUT2D eigenvalue weighted by Gasteiger charge is 2.22. The summed E-state index contributed by atoms with van der Waals surface area (Å²) >= 11 is 5.92. The zero-order valence-electron chi connectivity index (χ0n) is 13.7. The molecule has 1 heterocycles. The van der Waals surface area contributed by atoms with Crippen molar-refractivity contribution in [1.29, 1.82) is 0 Å². The molecule has 122 valence electrons. The smallest absolute Gasteiger partial charge is 0.222 e. The molecule has 1 unspecified atom stereocenters. The summed E-state index contributed by atoms with van der Waals surface area (Å²) in [5.74, 6) is 0.859. The molecule has 0 aromatic heterocycles. The van der Waals surface area contributed by atoms with Crippen LogP contribution in [0.1, 0.15) is 31.7 Å². The van der Waals surface area contributed by atoms with E-state index in [2.05, 4.69) is 17.0 Å². The minimum absolute atomic E-state index is 0.248. The van der Waals surface area contributed by atoms with E-state index in [9.17, 15) is 4.79 Å². The van der Waals surface area contributed by atoms with Crippen LogP contribution in [0.2, 0.25) is 5.02 Å². The van der Waals surface area contributed by atoms with Gasteiger partial charge in [0, 0.05) is 38.1 Å². The Morgan fingerprint density at radius 3 is 2.77 bits per heavy atom. The second kappa shape index (κ2) is 8.54. The lowest BCUT2D eigenvalue weighted by molar-refractivity contribution is -0.130. The van der Waals surface area contributed by atoms with Gasteiger partial charge in [-0.1, -0.05) is 30.7 Å². The van der Waals surface area contributed by atoms with Gasteiger partial charge in [0.15, 0.2) is 0 Å². The Kier molecular flexibility index (Phi) is 6.71. The van der Waals surface area contributed by atoms with Crippen molar-refractivity contribution in [3.05, 3.63) is 34.9 Å². The van der Waals surface area contributed by atoms with Crippen LogP contribution in [0.5, 0.6) is 0 Å². The summed E-state index contributed by atoms with van der Waals surface area (Å²) in [4.78, 5) is 16.1. The summed E-state index contributed by atoms with van der Waals surface area (Å²) in [6.45, 7) is 6.19. The molecule has 0 spiro atoms. The Morgan fingerprint density at radius 2 is 2.09 bits per heavy atom. The third kappa shape index (κ3) is 5.29. The van der Waals surface area contributed by atoms with Gasteiger partial charge in [0.2, 0.25) is 5.91 Å². The molecule has 1 saturated heterocycles. The van der Waals surface area contributed by atoms with Crippen LogP contribution < -0.4 is 0 Å². The summed E-state index contributed by atoms with van der Waals surface area (Å²) in [7, 11) is 1.93. The van der Waals surface area contributed by atoms with Crippen molar-refractivity contribution in [2.75, 3.05) is 33.2 Å². The molecule has 1 aromatic carbocycles. The van der Waals surface area contributed by atoms with E-state index in [-0.39, 0.29) is 5.91 Å². The van der Waals surface area contributed by atoms with Gasteiger partial charge in [-0.2, -0.15) is 0 Å². The first kappa shape index (κ1) is 17.3. The summed E-state index contributed by atoms with van der Waals surface area (Å²) in [5.41, 5.74) is 1.34. The van der Waals surface area contributed by atoms with Gasteiger partial charge in [-0.25, -0.2) is 0 Å². The highest BCUT2D eigenvalue weighted by molar-refractivity contribution is 6.30. The monoisotopic (exact) mass is 322 g/mol. The maximum absolute atomic E-state index is 11.7. The van der Waals surface area contributed by atoms with Gasteiger partial charge in [-0.3, -0.25) is 4.79 Å². The van der Waals surface area contributed by atoms with Crippen molar-refractivity contribution in [3.8, 4) is 0 Å². The number of carbonyl (C=O) groups excluding carboxylic acids is 1. The van der Waals surface area contributed by atoms with Gasteiger partial charge in [-0.05, 0) is 49.4 Å². The van der Waals surface area contributed by atoms with E-state index in [1.54, 1.807) is 0 Å². The molecule has 1 aliphatic rings. The molecule has 0 radical (unpaired) electrons. The van der Waals surface area contributed by atoms with Crippen LogP contribution in [-0.4, -0.2) is 48.9 Å². The molecule has 2 rings (SSSR count). The molecule has 1 amide bonds. The minimum Gasteiger partial charge on any atom is -0.345 e. The lowest BCUT2D eigenvalue weighted by Gasteiger charge is -2.34. The quantitative estimate of drug-likeness (QED) is 0.800. The van der Waals surface area contributed by atoms with Crippen LogP contribution in [-0.2, 0) is 11.2 Å². The van der Waals surface area contributed by atoms with Crippen molar-refractivity contribution >= 4 is 17.5 Å². The largest absolute Gasteiger partial charge is 0.345 e. The Labute approximate surface area is 139 Å². The van der Waals surface area contributed by atoms with Gasteiger partial charge >= 0.3 is 0 Å². The van der Waals surface area contributed by atoms with E-state index in [4.69, 9.17) is 11.6 Å². The summed E-state index contributed by atoms with van der Waals surface area (Å²) in [6.07, 6.45) is 4.13. The third-order valence-corrected chi connectivity index (χ3v) is 4.75. The molecular formula is C18H27ClN2O. The zero-order valence-corrected chi connectivity index (χ0v) is 14.5. The maximum atomic E-state index is 11.7. The average Bonchev–Trinajstić information content (AvgIpc) is 2.54. The number of piperidine rings is 1. The zero-order chi connectivity index (χ0) is 15.9. The van der Waals surface area contributed by atoms with Crippen molar-refractivity contribution in [3.63, 3.8) is 0 Å². The summed E-state index contributed by atoms with van der Waals surface area (Å²) < 4.78 is 0. The predicted molar refractivity (Wildman–Crippen MR) is 92.2 cm³/mol.